The Balaban J connectivity index is 1.66. The number of alkyl halides is 1. The summed E-state index contributed by atoms with van der Waals surface area (Å²) in [5.74, 6) is 1.25. The summed E-state index contributed by atoms with van der Waals surface area (Å²) in [6.07, 6.45) is 7.55. The van der Waals surface area contributed by atoms with Crippen molar-refractivity contribution in [1.82, 2.24) is 0 Å². The molecule has 4 rings (SSSR count). The van der Waals surface area contributed by atoms with Crippen molar-refractivity contribution in [2.45, 2.75) is 75.5 Å². The predicted molar refractivity (Wildman–Crippen MR) is 108 cm³/mol. The third kappa shape index (κ3) is 2.71. The molecule has 3 nitrogen and oxygen atoms in total. The van der Waals surface area contributed by atoms with Crippen molar-refractivity contribution >= 4 is 38.6 Å². The van der Waals surface area contributed by atoms with Gasteiger partial charge in [-0.15, -0.1) is 0 Å². The van der Waals surface area contributed by atoms with Gasteiger partial charge in [0.1, 0.15) is 0 Å². The van der Waals surface area contributed by atoms with Crippen molar-refractivity contribution < 1.29 is 14.7 Å². The molecule has 0 saturated heterocycles. The first-order valence-electron chi connectivity index (χ1n) is 9.91. The number of Topliss-reactive ketones (excluding diaryl/α,β-unsaturated/α-hetero) is 1. The van der Waals surface area contributed by atoms with Crippen LogP contribution < -0.4 is 0 Å². The first-order valence-corrected chi connectivity index (χ1v) is 11.7. The Kier molecular flexibility index (Phi) is 4.76. The maximum atomic E-state index is 12.8. The van der Waals surface area contributed by atoms with E-state index in [1.54, 1.807) is 6.92 Å². The van der Waals surface area contributed by atoms with Gasteiger partial charge >= 0.3 is 0 Å². The van der Waals surface area contributed by atoms with E-state index in [1.807, 2.05) is 0 Å². The molecule has 8 atom stereocenters. The monoisotopic (exact) mass is 440 g/mol. The molecule has 4 aliphatic rings. The van der Waals surface area contributed by atoms with Crippen LogP contribution in [-0.2, 0) is 9.59 Å². The number of ketones is 1. The number of rotatable bonds is 1. The Morgan fingerprint density at radius 3 is 2.62 bits per heavy atom. The number of allylic oxidation sites excluding steroid dienone is 1. The van der Waals surface area contributed by atoms with Gasteiger partial charge in [0.05, 0.1) is 10.9 Å². The molecular formula is C21H29BrO3S. The minimum absolute atomic E-state index is 0.0515. The topological polar surface area (TPSA) is 54.4 Å². The summed E-state index contributed by atoms with van der Waals surface area (Å²) in [4.78, 5) is 24.2. The molecular weight excluding hydrogens is 412 g/mol. The molecule has 0 aromatic rings. The maximum absolute atomic E-state index is 12.8. The Morgan fingerprint density at radius 1 is 1.23 bits per heavy atom. The molecule has 0 aliphatic heterocycles. The van der Waals surface area contributed by atoms with E-state index in [1.165, 1.54) is 17.3 Å². The molecule has 3 fully saturated rings. The lowest BCUT2D eigenvalue weighted by atomic mass is 9.47. The first kappa shape index (κ1) is 19.2. The molecule has 26 heavy (non-hydrogen) atoms. The van der Waals surface area contributed by atoms with Crippen molar-refractivity contribution in [1.29, 1.82) is 0 Å². The molecule has 0 amide bonds. The van der Waals surface area contributed by atoms with Crippen LogP contribution in [0.4, 0.5) is 0 Å². The van der Waals surface area contributed by atoms with Gasteiger partial charge in [-0.25, -0.2) is 0 Å². The third-order valence-corrected chi connectivity index (χ3v) is 9.97. The first-order chi connectivity index (χ1) is 12.2. The van der Waals surface area contributed by atoms with E-state index in [2.05, 4.69) is 35.9 Å². The normalized spacial score (nSPS) is 50.5. The lowest BCUT2D eigenvalue weighted by molar-refractivity contribution is -0.134. The van der Waals surface area contributed by atoms with E-state index >= 15 is 0 Å². The summed E-state index contributed by atoms with van der Waals surface area (Å²) in [6, 6.07) is 0. The fourth-order valence-electron chi connectivity index (χ4n) is 6.71. The van der Waals surface area contributed by atoms with Crippen LogP contribution in [0.25, 0.3) is 0 Å². The van der Waals surface area contributed by atoms with Crippen molar-refractivity contribution in [2.75, 3.05) is 0 Å². The number of thioether (sulfide) groups is 1. The van der Waals surface area contributed by atoms with E-state index in [0.717, 1.165) is 38.5 Å². The summed E-state index contributed by atoms with van der Waals surface area (Å²) >= 11 is 5.06. The Bertz CT molecular complexity index is 676. The zero-order chi connectivity index (χ0) is 18.9. The molecule has 144 valence electrons. The summed E-state index contributed by atoms with van der Waals surface area (Å²) in [5, 5.41) is 11.6. The van der Waals surface area contributed by atoms with Gasteiger partial charge in [-0.1, -0.05) is 53.2 Å². The number of aliphatic hydroxyl groups excluding tert-OH is 1. The van der Waals surface area contributed by atoms with Crippen LogP contribution in [0.2, 0.25) is 0 Å². The SMILES string of the molecule is CC(=O)S[C@H]1CC[C@@]2(C)C(=C[C@H](O)C3C2CC[C@]2(C)C(=O)[C@H](Br)CC32)C1. The van der Waals surface area contributed by atoms with E-state index in [-0.39, 0.29) is 32.6 Å². The second kappa shape index (κ2) is 6.45. The van der Waals surface area contributed by atoms with E-state index in [0.29, 0.717) is 17.0 Å². The minimum atomic E-state index is -0.459. The third-order valence-electron chi connectivity index (χ3n) is 8.11. The van der Waals surface area contributed by atoms with Gasteiger partial charge in [0.2, 0.25) is 0 Å². The molecule has 0 heterocycles. The molecule has 4 aliphatic carbocycles. The number of carbonyl (C=O) groups is 2. The van der Waals surface area contributed by atoms with Gasteiger partial charge in [0.15, 0.2) is 10.9 Å². The van der Waals surface area contributed by atoms with Crippen LogP contribution >= 0.6 is 27.7 Å². The molecule has 3 saturated carbocycles. The van der Waals surface area contributed by atoms with Gasteiger partial charge in [-0.05, 0) is 61.7 Å². The number of hydrogen-bond donors (Lipinski definition) is 1. The van der Waals surface area contributed by atoms with Crippen LogP contribution in [0.3, 0.4) is 0 Å². The molecule has 0 spiro atoms. The van der Waals surface area contributed by atoms with Gasteiger partial charge in [0.25, 0.3) is 0 Å². The number of fused-ring (bicyclic) bond motifs is 5. The molecule has 3 unspecified atom stereocenters. The maximum Gasteiger partial charge on any atom is 0.186 e. The number of carbonyl (C=O) groups excluding carboxylic acids is 2. The minimum Gasteiger partial charge on any atom is -0.389 e. The quantitative estimate of drug-likeness (QED) is 0.481. The van der Waals surface area contributed by atoms with Crippen molar-refractivity contribution in [3.8, 4) is 0 Å². The molecule has 5 heteroatoms. The summed E-state index contributed by atoms with van der Waals surface area (Å²) in [5.41, 5.74) is 1.20. The van der Waals surface area contributed by atoms with Crippen LogP contribution in [0.1, 0.15) is 59.3 Å². The lowest BCUT2D eigenvalue weighted by Crippen LogP contribution is -2.54. The molecule has 0 aromatic heterocycles. The van der Waals surface area contributed by atoms with Crippen LogP contribution in [0.5, 0.6) is 0 Å². The van der Waals surface area contributed by atoms with Gasteiger partial charge in [0, 0.05) is 17.6 Å². The van der Waals surface area contributed by atoms with Crippen molar-refractivity contribution in [2.24, 2.45) is 28.6 Å². The molecule has 0 radical (unpaired) electrons. The second-order valence-corrected chi connectivity index (χ2v) is 12.0. The zero-order valence-electron chi connectivity index (χ0n) is 15.8. The lowest BCUT2D eigenvalue weighted by Gasteiger charge is -2.58. The van der Waals surface area contributed by atoms with Gasteiger partial charge in [-0.2, -0.15) is 0 Å². The Labute approximate surface area is 168 Å². The highest BCUT2D eigenvalue weighted by atomic mass is 79.9. The Hall–Kier alpha value is -0.130. The standard InChI is InChI=1S/C21H29BrO3S/c1-11(23)26-13-4-6-20(2)12(8-13)9-17(24)18-14(20)5-7-21(3)15(18)10-16(22)19(21)25/h9,13-18,24H,4-8,10H2,1-3H3/t13-,14?,15?,16+,17-,18?,20-,21-/m0/s1. The van der Waals surface area contributed by atoms with Crippen LogP contribution in [0, 0.1) is 28.6 Å². The average molecular weight is 441 g/mol. The Morgan fingerprint density at radius 2 is 1.92 bits per heavy atom. The number of hydrogen-bond acceptors (Lipinski definition) is 4. The van der Waals surface area contributed by atoms with E-state index in [9.17, 15) is 14.7 Å². The van der Waals surface area contributed by atoms with Crippen molar-refractivity contribution in [3.63, 3.8) is 0 Å². The van der Waals surface area contributed by atoms with Crippen LogP contribution in [0.15, 0.2) is 11.6 Å². The predicted octanol–water partition coefficient (Wildman–Crippen LogP) is 4.51. The zero-order valence-corrected chi connectivity index (χ0v) is 18.2. The highest BCUT2D eigenvalue weighted by Gasteiger charge is 2.62. The van der Waals surface area contributed by atoms with Crippen LogP contribution in [-0.4, -0.2) is 32.2 Å². The van der Waals surface area contributed by atoms with Gasteiger partial charge < -0.3 is 5.11 Å². The molecule has 1 N–H and O–H groups in total. The van der Waals surface area contributed by atoms with Gasteiger partial charge in [-0.3, -0.25) is 9.59 Å². The highest BCUT2D eigenvalue weighted by molar-refractivity contribution is 9.10. The van der Waals surface area contributed by atoms with Crippen molar-refractivity contribution in [3.05, 3.63) is 11.6 Å². The molecule has 0 aromatic carbocycles. The number of halogens is 1. The summed E-state index contributed by atoms with van der Waals surface area (Å²) < 4.78 is 0. The van der Waals surface area contributed by atoms with E-state index in [4.69, 9.17) is 0 Å². The van der Waals surface area contributed by atoms with E-state index < -0.39 is 6.10 Å². The largest absolute Gasteiger partial charge is 0.389 e. The average Bonchev–Trinajstić information content (AvgIpc) is 2.79. The number of aliphatic hydroxyl groups is 1. The highest BCUT2D eigenvalue weighted by Crippen LogP contribution is 2.64. The second-order valence-electron chi connectivity index (χ2n) is 9.39. The summed E-state index contributed by atoms with van der Waals surface area (Å²) in [7, 11) is 0. The molecule has 0 bridgehead atoms. The fraction of sp³-hybridized carbons (Fsp3) is 0.810. The summed E-state index contributed by atoms with van der Waals surface area (Å²) in [6.45, 7) is 6.16. The fourth-order valence-corrected chi connectivity index (χ4v) is 8.60. The smallest absolute Gasteiger partial charge is 0.186 e.